The first kappa shape index (κ1) is 20.2. The van der Waals surface area contributed by atoms with Gasteiger partial charge in [-0.3, -0.25) is 0 Å². The maximum absolute atomic E-state index is 12.2. The summed E-state index contributed by atoms with van der Waals surface area (Å²) in [5.41, 5.74) is 0.539. The van der Waals surface area contributed by atoms with Crippen LogP contribution in [-0.2, 0) is 10.0 Å². The Morgan fingerprint density at radius 2 is 1.79 bits per heavy atom. The van der Waals surface area contributed by atoms with Crippen molar-refractivity contribution in [1.82, 2.24) is 4.72 Å². The number of hydrogen-bond acceptors (Lipinski definition) is 6. The quantitative estimate of drug-likeness (QED) is 0.717. The van der Waals surface area contributed by atoms with Crippen LogP contribution in [0.2, 0.25) is 0 Å². The fourth-order valence-corrected chi connectivity index (χ4v) is 3.57. The Labute approximate surface area is 158 Å². The molecule has 0 saturated carbocycles. The second-order valence-electron chi connectivity index (χ2n) is 5.83. The van der Waals surface area contributed by atoms with Gasteiger partial charge in [-0.2, -0.15) is 0 Å². The van der Waals surface area contributed by atoms with Gasteiger partial charge in [0.1, 0.15) is 5.75 Å². The third-order valence-corrected chi connectivity index (χ3v) is 5.34. The van der Waals surface area contributed by atoms with E-state index in [1.807, 2.05) is 0 Å². The topological polar surface area (TPSA) is 94.1 Å². The summed E-state index contributed by atoms with van der Waals surface area (Å²) in [7, 11) is -3.95. The minimum atomic E-state index is -4.86. The van der Waals surface area contributed by atoms with Crippen molar-refractivity contribution in [2.75, 3.05) is 13.3 Å². The molecule has 1 heterocycles. The van der Waals surface area contributed by atoms with Crippen molar-refractivity contribution >= 4 is 10.0 Å². The molecule has 0 amide bonds. The van der Waals surface area contributed by atoms with Gasteiger partial charge in [-0.1, -0.05) is 6.07 Å². The van der Waals surface area contributed by atoms with E-state index in [1.165, 1.54) is 0 Å². The number of sulfonamides is 1. The molecule has 2 aromatic rings. The van der Waals surface area contributed by atoms with E-state index in [9.17, 15) is 26.7 Å². The van der Waals surface area contributed by atoms with Crippen LogP contribution in [0.1, 0.15) is 18.1 Å². The molecule has 2 N–H and O–H groups in total. The Balaban J connectivity index is 1.56. The lowest BCUT2D eigenvalue weighted by atomic mass is 10.1. The highest BCUT2D eigenvalue weighted by molar-refractivity contribution is 7.89. The van der Waals surface area contributed by atoms with Crippen LogP contribution in [0.5, 0.6) is 17.2 Å². The van der Waals surface area contributed by atoms with Crippen LogP contribution in [0.15, 0.2) is 47.4 Å². The fourth-order valence-electron chi connectivity index (χ4n) is 2.52. The molecule has 3 rings (SSSR count). The van der Waals surface area contributed by atoms with Crippen LogP contribution >= 0.6 is 0 Å². The van der Waals surface area contributed by atoms with E-state index in [-0.39, 0.29) is 24.7 Å². The molecule has 1 aliphatic rings. The fraction of sp³-hybridized carbons (Fsp3) is 0.294. The molecule has 1 atom stereocenters. The first-order valence-electron chi connectivity index (χ1n) is 8.07. The predicted octanol–water partition coefficient (Wildman–Crippen LogP) is 2.72. The Hall–Kier alpha value is -2.50. The summed E-state index contributed by atoms with van der Waals surface area (Å²) in [4.78, 5) is -0.223. The summed E-state index contributed by atoms with van der Waals surface area (Å²) >= 11 is 0. The highest BCUT2D eigenvalue weighted by Gasteiger charge is 2.31. The highest BCUT2D eigenvalue weighted by atomic mass is 32.2. The number of hydrogen-bond donors (Lipinski definition) is 2. The van der Waals surface area contributed by atoms with Crippen molar-refractivity contribution in [1.29, 1.82) is 0 Å². The second kappa shape index (κ2) is 7.86. The van der Waals surface area contributed by atoms with E-state index in [0.717, 1.165) is 24.3 Å². The average molecular weight is 419 g/mol. The number of rotatable bonds is 7. The van der Waals surface area contributed by atoms with Gasteiger partial charge < -0.3 is 19.3 Å². The van der Waals surface area contributed by atoms with Crippen LogP contribution < -0.4 is 18.9 Å². The number of ether oxygens (including phenoxy) is 3. The maximum atomic E-state index is 12.2. The molecule has 2 aromatic carbocycles. The van der Waals surface area contributed by atoms with Crippen LogP contribution in [0.25, 0.3) is 0 Å². The minimum Gasteiger partial charge on any atom is -0.454 e. The molecule has 1 aliphatic heterocycles. The molecule has 0 radical (unpaired) electrons. The maximum Gasteiger partial charge on any atom is 0.573 e. The lowest BCUT2D eigenvalue weighted by molar-refractivity contribution is -0.274. The summed E-state index contributed by atoms with van der Waals surface area (Å²) in [6, 6.07) is 8.71. The SMILES string of the molecule is O=S(=O)(NCC[C@H](O)c1ccc2c(c1)OCO2)c1ccc(OC(F)(F)F)cc1. The Bertz CT molecular complexity index is 931. The monoisotopic (exact) mass is 419 g/mol. The van der Waals surface area contributed by atoms with E-state index >= 15 is 0 Å². The lowest BCUT2D eigenvalue weighted by Gasteiger charge is -2.13. The zero-order valence-electron chi connectivity index (χ0n) is 14.3. The molecule has 0 aliphatic carbocycles. The predicted molar refractivity (Wildman–Crippen MR) is 90.5 cm³/mol. The zero-order valence-corrected chi connectivity index (χ0v) is 15.1. The summed E-state index contributed by atoms with van der Waals surface area (Å²) in [5.74, 6) is 0.539. The molecule has 0 unspecified atom stereocenters. The van der Waals surface area contributed by atoms with Crippen molar-refractivity contribution in [3.05, 3.63) is 48.0 Å². The van der Waals surface area contributed by atoms with Gasteiger partial charge in [-0.25, -0.2) is 13.1 Å². The smallest absolute Gasteiger partial charge is 0.454 e. The van der Waals surface area contributed by atoms with Crippen LogP contribution in [0.4, 0.5) is 13.2 Å². The van der Waals surface area contributed by atoms with E-state index in [0.29, 0.717) is 17.1 Å². The summed E-state index contributed by atoms with van der Waals surface area (Å²) in [6.45, 7) is 0.0141. The summed E-state index contributed by atoms with van der Waals surface area (Å²) < 4.78 is 77.2. The molecule has 11 heteroatoms. The Morgan fingerprint density at radius 3 is 2.46 bits per heavy atom. The van der Waals surface area contributed by atoms with Gasteiger partial charge >= 0.3 is 6.36 Å². The van der Waals surface area contributed by atoms with Gasteiger partial charge in [-0.15, -0.1) is 13.2 Å². The zero-order chi connectivity index (χ0) is 20.4. The van der Waals surface area contributed by atoms with Gasteiger partial charge in [0, 0.05) is 6.54 Å². The van der Waals surface area contributed by atoms with Gasteiger partial charge in [-0.05, 0) is 48.4 Å². The van der Waals surface area contributed by atoms with Crippen molar-refractivity contribution in [2.45, 2.75) is 23.8 Å². The number of benzene rings is 2. The normalized spacial score (nSPS) is 14.7. The Morgan fingerprint density at radius 1 is 1.11 bits per heavy atom. The lowest BCUT2D eigenvalue weighted by Crippen LogP contribution is -2.26. The van der Waals surface area contributed by atoms with E-state index in [2.05, 4.69) is 9.46 Å². The molecular formula is C17H16F3NO6S. The molecule has 0 fully saturated rings. The molecule has 0 saturated heterocycles. The number of aliphatic hydroxyl groups is 1. The third-order valence-electron chi connectivity index (χ3n) is 3.86. The van der Waals surface area contributed by atoms with Gasteiger partial charge in [0.2, 0.25) is 16.8 Å². The first-order valence-corrected chi connectivity index (χ1v) is 9.55. The average Bonchev–Trinajstić information content (AvgIpc) is 3.08. The van der Waals surface area contributed by atoms with Crippen molar-refractivity contribution < 1.29 is 40.9 Å². The van der Waals surface area contributed by atoms with E-state index in [1.54, 1.807) is 18.2 Å². The molecule has 0 bridgehead atoms. The van der Waals surface area contributed by atoms with E-state index < -0.39 is 28.2 Å². The first-order chi connectivity index (χ1) is 13.1. The molecule has 152 valence electrons. The second-order valence-corrected chi connectivity index (χ2v) is 7.60. The minimum absolute atomic E-state index is 0.0775. The number of aliphatic hydroxyl groups excluding tert-OH is 1. The van der Waals surface area contributed by atoms with Gasteiger partial charge in [0.05, 0.1) is 11.0 Å². The molecule has 0 spiro atoms. The number of alkyl halides is 3. The van der Waals surface area contributed by atoms with Crippen LogP contribution in [-0.4, -0.2) is 33.2 Å². The number of halogens is 3. The van der Waals surface area contributed by atoms with E-state index in [4.69, 9.17) is 9.47 Å². The summed E-state index contributed by atoms with van der Waals surface area (Å²) in [5, 5.41) is 10.2. The standard InChI is InChI=1S/C17H16F3NO6S/c18-17(19,20)27-12-2-4-13(5-3-12)28(23,24)21-8-7-14(22)11-1-6-15-16(9-11)26-10-25-15/h1-6,9,14,21-22H,7-8,10H2/t14-/m0/s1. The summed E-state index contributed by atoms with van der Waals surface area (Å²) in [6.07, 6.45) is -5.72. The highest BCUT2D eigenvalue weighted by Crippen LogP contribution is 2.34. The van der Waals surface area contributed by atoms with Gasteiger partial charge in [0.15, 0.2) is 11.5 Å². The van der Waals surface area contributed by atoms with Crippen molar-refractivity contribution in [2.24, 2.45) is 0 Å². The van der Waals surface area contributed by atoms with Crippen LogP contribution in [0, 0.1) is 0 Å². The van der Waals surface area contributed by atoms with Crippen LogP contribution in [0.3, 0.4) is 0 Å². The molecule has 0 aromatic heterocycles. The number of nitrogens with one attached hydrogen (secondary N) is 1. The van der Waals surface area contributed by atoms with Crippen molar-refractivity contribution in [3.63, 3.8) is 0 Å². The van der Waals surface area contributed by atoms with Crippen molar-refractivity contribution in [3.8, 4) is 17.2 Å². The third kappa shape index (κ3) is 5.06. The van der Waals surface area contributed by atoms with Gasteiger partial charge in [0.25, 0.3) is 0 Å². The number of fused-ring (bicyclic) bond motifs is 1. The molecule has 7 nitrogen and oxygen atoms in total. The largest absolute Gasteiger partial charge is 0.573 e. The molecular weight excluding hydrogens is 403 g/mol. The molecule has 28 heavy (non-hydrogen) atoms. The Kier molecular flexibility index (Phi) is 5.68.